The summed E-state index contributed by atoms with van der Waals surface area (Å²) in [6.07, 6.45) is 4.27. The second-order valence-electron chi connectivity index (χ2n) is 13.1. The third-order valence-electron chi connectivity index (χ3n) is 9.73. The van der Waals surface area contributed by atoms with Gasteiger partial charge in [-0.25, -0.2) is 0 Å². The highest BCUT2D eigenvalue weighted by Gasteiger charge is 2.30. The molecule has 0 bridgehead atoms. The highest BCUT2D eigenvalue weighted by atomic mass is 16.5. The zero-order valence-corrected chi connectivity index (χ0v) is 28.8. The van der Waals surface area contributed by atoms with Crippen molar-refractivity contribution in [3.63, 3.8) is 0 Å². The van der Waals surface area contributed by atoms with Crippen molar-refractivity contribution >= 4 is 16.6 Å². The maximum Gasteiger partial charge on any atom is 0.164 e. The molecule has 8 heteroatoms. The number of carbonyl (C=O) groups excluding carboxylic acids is 1. The molecule has 0 aliphatic rings. The monoisotopic (exact) mass is 685 g/mol. The number of aromatic nitrogens is 1. The van der Waals surface area contributed by atoms with Crippen LogP contribution in [0.3, 0.4) is 0 Å². The molecule has 51 heavy (non-hydrogen) atoms. The second-order valence-corrected chi connectivity index (χ2v) is 13.1. The quantitative estimate of drug-likeness (QED) is 0.0751. The Hall–Kier alpha value is -5.73. The first kappa shape index (κ1) is 35.1. The van der Waals surface area contributed by atoms with Crippen molar-refractivity contribution in [1.29, 1.82) is 0 Å². The summed E-state index contributed by atoms with van der Waals surface area (Å²) in [5, 5.41) is 45.5. The van der Waals surface area contributed by atoms with Crippen molar-refractivity contribution in [3.8, 4) is 28.7 Å². The van der Waals surface area contributed by atoms with Gasteiger partial charge in [-0.3, -0.25) is 4.79 Å². The number of methoxy groups -OCH3 is 2. The number of aliphatic hydroxyl groups is 1. The van der Waals surface area contributed by atoms with Gasteiger partial charge in [0.25, 0.3) is 0 Å². The van der Waals surface area contributed by atoms with Gasteiger partial charge in [-0.2, -0.15) is 0 Å². The standard InChI is InChI=1S/C43H43NO7/c1-50-42-21-27(13-15-38(42)46)20-36(30-10-6-11-34(45)23-30)41(49)25-40(48)33(19-28-17-18-44-26-28)22-32-14-16-39(47)43(51-2)37(32)24-31-9-5-8-29-7-3-4-12-35(29)31/h3-18,21,23,26,33,36,40,44-48H,19-20,22,24-25H2,1-2H3/t33-,36+,40-/m1/s1. The SMILES string of the molecule is COc1cc(C[C@H](C(=O)C[C@@H](O)[C@H](Cc2cc[nH]c2)Cc2ccc(O)c(OC)c2Cc2cccc3ccccc23)c2cccc(O)c2)ccc1O. The molecular weight excluding hydrogens is 642 g/mol. The van der Waals surface area contributed by atoms with Crippen LogP contribution >= 0.6 is 0 Å². The van der Waals surface area contributed by atoms with Crippen molar-refractivity contribution in [2.24, 2.45) is 5.92 Å². The average molecular weight is 686 g/mol. The maximum atomic E-state index is 14.2. The zero-order valence-electron chi connectivity index (χ0n) is 28.8. The van der Waals surface area contributed by atoms with E-state index in [0.29, 0.717) is 36.3 Å². The Morgan fingerprint density at radius 1 is 0.745 bits per heavy atom. The summed E-state index contributed by atoms with van der Waals surface area (Å²) in [6, 6.07) is 31.4. The number of Topliss-reactive ketones (excluding diaryl/α,β-unsaturated/α-hetero) is 1. The first-order valence-electron chi connectivity index (χ1n) is 17.1. The van der Waals surface area contributed by atoms with E-state index in [2.05, 4.69) is 29.2 Å². The highest BCUT2D eigenvalue weighted by Crippen LogP contribution is 2.38. The number of ketones is 1. The number of phenolic OH excluding ortho intramolecular Hbond substituents is 3. The zero-order chi connectivity index (χ0) is 35.9. The lowest BCUT2D eigenvalue weighted by Gasteiger charge is -2.26. The highest BCUT2D eigenvalue weighted by molar-refractivity contribution is 5.87. The van der Waals surface area contributed by atoms with Gasteiger partial charge in [0, 0.05) is 36.7 Å². The number of carbonyl (C=O) groups is 1. The minimum Gasteiger partial charge on any atom is -0.508 e. The van der Waals surface area contributed by atoms with E-state index in [1.54, 1.807) is 49.6 Å². The summed E-state index contributed by atoms with van der Waals surface area (Å²) in [4.78, 5) is 17.3. The summed E-state index contributed by atoms with van der Waals surface area (Å²) in [5.74, 6) is -0.472. The number of aromatic hydroxyl groups is 3. The fourth-order valence-electron chi connectivity index (χ4n) is 7.08. The van der Waals surface area contributed by atoms with Crippen LogP contribution in [0.15, 0.2) is 116 Å². The topological polar surface area (TPSA) is 132 Å². The van der Waals surface area contributed by atoms with E-state index in [4.69, 9.17) is 9.47 Å². The maximum absolute atomic E-state index is 14.2. The molecule has 8 nitrogen and oxygen atoms in total. The van der Waals surface area contributed by atoms with Crippen LogP contribution in [0.1, 0.15) is 45.7 Å². The molecular formula is C43H43NO7. The summed E-state index contributed by atoms with van der Waals surface area (Å²) < 4.78 is 11.1. The number of ether oxygens (including phenoxy) is 2. The second kappa shape index (κ2) is 15.9. The van der Waals surface area contributed by atoms with Gasteiger partial charge >= 0.3 is 0 Å². The molecule has 3 atom stereocenters. The van der Waals surface area contributed by atoms with E-state index in [0.717, 1.165) is 38.6 Å². The van der Waals surface area contributed by atoms with Crippen molar-refractivity contribution in [2.75, 3.05) is 14.2 Å². The minimum atomic E-state index is -1.02. The summed E-state index contributed by atoms with van der Waals surface area (Å²) in [6.45, 7) is 0. The number of aromatic amines is 1. The smallest absolute Gasteiger partial charge is 0.164 e. The van der Waals surface area contributed by atoms with Crippen LogP contribution in [0.5, 0.6) is 28.7 Å². The van der Waals surface area contributed by atoms with Crippen LogP contribution in [-0.4, -0.2) is 51.5 Å². The van der Waals surface area contributed by atoms with Crippen molar-refractivity contribution in [3.05, 3.63) is 149 Å². The third-order valence-corrected chi connectivity index (χ3v) is 9.73. The molecule has 1 heterocycles. The third kappa shape index (κ3) is 8.19. The molecule has 0 unspecified atom stereocenters. The first-order valence-corrected chi connectivity index (χ1v) is 17.1. The molecule has 0 radical (unpaired) electrons. The van der Waals surface area contributed by atoms with Crippen LogP contribution in [0.2, 0.25) is 0 Å². The lowest BCUT2D eigenvalue weighted by molar-refractivity contribution is -0.123. The number of phenols is 3. The number of hydrogen-bond acceptors (Lipinski definition) is 7. The van der Waals surface area contributed by atoms with Crippen molar-refractivity contribution in [2.45, 2.75) is 44.1 Å². The Bertz CT molecular complexity index is 2100. The van der Waals surface area contributed by atoms with Gasteiger partial charge in [-0.15, -0.1) is 0 Å². The van der Waals surface area contributed by atoms with E-state index in [1.165, 1.54) is 13.2 Å². The number of fused-ring (bicyclic) bond motifs is 1. The predicted octanol–water partition coefficient (Wildman–Crippen LogP) is 7.64. The number of aliphatic hydroxyl groups excluding tert-OH is 1. The summed E-state index contributed by atoms with van der Waals surface area (Å²) in [5.41, 5.74) is 5.20. The molecule has 1 aromatic heterocycles. The molecule has 0 spiro atoms. The van der Waals surface area contributed by atoms with E-state index in [9.17, 15) is 25.2 Å². The molecule has 0 aliphatic carbocycles. The largest absolute Gasteiger partial charge is 0.508 e. The van der Waals surface area contributed by atoms with E-state index >= 15 is 0 Å². The number of nitrogens with one attached hydrogen (secondary N) is 1. The molecule has 6 aromatic rings. The average Bonchev–Trinajstić information content (AvgIpc) is 3.65. The number of hydrogen-bond donors (Lipinski definition) is 5. The van der Waals surface area contributed by atoms with E-state index in [1.807, 2.05) is 42.7 Å². The Morgan fingerprint density at radius 2 is 1.53 bits per heavy atom. The summed E-state index contributed by atoms with van der Waals surface area (Å²) in [7, 11) is 3.01. The van der Waals surface area contributed by atoms with Crippen LogP contribution in [0.4, 0.5) is 0 Å². The van der Waals surface area contributed by atoms with Crippen LogP contribution in [0.25, 0.3) is 10.8 Å². The Kier molecular flexibility index (Phi) is 10.9. The lowest BCUT2D eigenvalue weighted by Crippen LogP contribution is -2.30. The fourth-order valence-corrected chi connectivity index (χ4v) is 7.08. The molecule has 262 valence electrons. The van der Waals surface area contributed by atoms with Gasteiger partial charge in [0.1, 0.15) is 11.5 Å². The molecule has 0 saturated carbocycles. The first-order chi connectivity index (χ1) is 24.7. The number of benzene rings is 5. The lowest BCUT2D eigenvalue weighted by atomic mass is 9.80. The normalized spacial score (nSPS) is 13.1. The number of H-pyrrole nitrogens is 1. The predicted molar refractivity (Wildman–Crippen MR) is 198 cm³/mol. The summed E-state index contributed by atoms with van der Waals surface area (Å²) >= 11 is 0. The van der Waals surface area contributed by atoms with Crippen molar-refractivity contribution < 1.29 is 34.7 Å². The van der Waals surface area contributed by atoms with Gasteiger partial charge in [0.05, 0.1) is 20.3 Å². The van der Waals surface area contributed by atoms with Gasteiger partial charge in [0.15, 0.2) is 23.0 Å². The van der Waals surface area contributed by atoms with Gasteiger partial charge in [-0.1, -0.05) is 66.7 Å². The molecule has 0 amide bonds. The Morgan fingerprint density at radius 3 is 2.29 bits per heavy atom. The molecule has 5 N–H and O–H groups in total. The van der Waals surface area contributed by atoms with Gasteiger partial charge in [0.2, 0.25) is 0 Å². The molecule has 5 aromatic carbocycles. The Balaban J connectivity index is 1.32. The molecule has 0 fully saturated rings. The van der Waals surface area contributed by atoms with E-state index < -0.39 is 12.0 Å². The minimum absolute atomic E-state index is 0.00446. The molecule has 0 saturated heterocycles. The van der Waals surface area contributed by atoms with Crippen molar-refractivity contribution in [1.82, 2.24) is 4.98 Å². The fraction of sp³-hybridized carbons (Fsp3) is 0.233. The van der Waals surface area contributed by atoms with Gasteiger partial charge < -0.3 is 34.9 Å². The van der Waals surface area contributed by atoms with Crippen LogP contribution in [0, 0.1) is 5.92 Å². The van der Waals surface area contributed by atoms with Crippen LogP contribution in [-0.2, 0) is 30.5 Å². The van der Waals surface area contributed by atoms with Crippen LogP contribution < -0.4 is 9.47 Å². The molecule has 6 rings (SSSR count). The molecule has 0 aliphatic heterocycles. The number of rotatable bonds is 15. The Labute approximate surface area is 297 Å². The van der Waals surface area contributed by atoms with Gasteiger partial charge in [-0.05, 0) is 100 Å². The van der Waals surface area contributed by atoms with E-state index in [-0.39, 0.29) is 41.8 Å².